The summed E-state index contributed by atoms with van der Waals surface area (Å²) in [7, 11) is 1.68. The highest BCUT2D eigenvalue weighted by molar-refractivity contribution is 7.97. The number of amides is 2. The van der Waals surface area contributed by atoms with Gasteiger partial charge in [0.2, 0.25) is 0 Å². The number of carbonyl (C=O) groups is 1. The molecule has 1 aliphatic rings. The number of anilines is 1. The number of hydrogen-bond donors (Lipinski definition) is 2. The van der Waals surface area contributed by atoms with Gasteiger partial charge in [-0.2, -0.15) is 5.10 Å². The first-order chi connectivity index (χ1) is 15.7. The molecule has 2 heterocycles. The second kappa shape index (κ2) is 10.6. The van der Waals surface area contributed by atoms with Crippen LogP contribution in [-0.2, 0) is 17.7 Å². The van der Waals surface area contributed by atoms with E-state index in [4.69, 9.17) is 4.74 Å². The Kier molecular flexibility index (Phi) is 7.41. The lowest BCUT2D eigenvalue weighted by atomic mass is 10.1. The molecule has 0 saturated heterocycles. The zero-order valence-electron chi connectivity index (χ0n) is 17.9. The highest BCUT2D eigenvalue weighted by Gasteiger charge is 2.26. The van der Waals surface area contributed by atoms with Gasteiger partial charge in [-0.15, -0.1) is 0 Å². The Balaban J connectivity index is 1.36. The van der Waals surface area contributed by atoms with Crippen LogP contribution in [0.15, 0.2) is 59.6 Å². The van der Waals surface area contributed by atoms with Gasteiger partial charge in [0.1, 0.15) is 5.82 Å². The van der Waals surface area contributed by atoms with Crippen molar-refractivity contribution in [2.75, 3.05) is 31.7 Å². The SMILES string of the molecule is COCCNSc1ccc(CNC(=O)N2CCCc3c2cnn3-c2ccc(F)cc2)cc1. The third-order valence-corrected chi connectivity index (χ3v) is 6.07. The van der Waals surface area contributed by atoms with Crippen molar-refractivity contribution in [3.05, 3.63) is 71.8 Å². The number of hydrogen-bond acceptors (Lipinski definition) is 5. The van der Waals surface area contributed by atoms with Gasteiger partial charge in [0.15, 0.2) is 0 Å². The molecule has 7 nitrogen and oxygen atoms in total. The standard InChI is InChI=1S/C23H26FN5O2S/c1-31-14-12-27-32-20-10-4-17(5-11-20)15-25-23(30)28-13-2-3-21-22(28)16-26-29(21)19-8-6-18(24)7-9-19/h4-11,16,27H,2-3,12-15H2,1H3,(H,25,30). The van der Waals surface area contributed by atoms with Crippen molar-refractivity contribution in [1.82, 2.24) is 19.8 Å². The fraction of sp³-hybridized carbons (Fsp3) is 0.304. The van der Waals surface area contributed by atoms with E-state index in [2.05, 4.69) is 15.1 Å². The lowest BCUT2D eigenvalue weighted by molar-refractivity contribution is 0.205. The van der Waals surface area contributed by atoms with Crippen LogP contribution in [0.3, 0.4) is 0 Å². The van der Waals surface area contributed by atoms with Crippen LogP contribution in [0.2, 0.25) is 0 Å². The van der Waals surface area contributed by atoms with Crippen molar-refractivity contribution < 1.29 is 13.9 Å². The molecule has 0 unspecified atom stereocenters. The zero-order chi connectivity index (χ0) is 22.3. The maximum absolute atomic E-state index is 13.3. The molecule has 9 heteroatoms. The monoisotopic (exact) mass is 455 g/mol. The van der Waals surface area contributed by atoms with Crippen molar-refractivity contribution in [3.63, 3.8) is 0 Å². The molecule has 0 radical (unpaired) electrons. The number of ether oxygens (including phenoxy) is 1. The molecule has 0 bridgehead atoms. The summed E-state index contributed by atoms with van der Waals surface area (Å²) in [4.78, 5) is 15.7. The van der Waals surface area contributed by atoms with Crippen molar-refractivity contribution in [3.8, 4) is 5.69 Å². The van der Waals surface area contributed by atoms with Gasteiger partial charge in [-0.25, -0.2) is 13.9 Å². The van der Waals surface area contributed by atoms with Crippen LogP contribution in [0.4, 0.5) is 14.9 Å². The Bertz CT molecular complexity index is 1040. The van der Waals surface area contributed by atoms with Gasteiger partial charge in [0.25, 0.3) is 0 Å². The lowest BCUT2D eigenvalue weighted by Crippen LogP contribution is -2.42. The molecule has 2 N–H and O–H groups in total. The quantitative estimate of drug-likeness (QED) is 0.398. The molecule has 0 aliphatic carbocycles. The summed E-state index contributed by atoms with van der Waals surface area (Å²) in [5, 5.41) is 7.46. The third kappa shape index (κ3) is 5.29. The van der Waals surface area contributed by atoms with Crippen molar-refractivity contribution in [2.24, 2.45) is 0 Å². The van der Waals surface area contributed by atoms with Crippen LogP contribution < -0.4 is 14.9 Å². The summed E-state index contributed by atoms with van der Waals surface area (Å²) in [6, 6.07) is 14.1. The number of aromatic nitrogens is 2. The molecular weight excluding hydrogens is 429 g/mol. The number of carbonyl (C=O) groups excluding carboxylic acids is 1. The van der Waals surface area contributed by atoms with E-state index in [1.807, 2.05) is 24.3 Å². The van der Waals surface area contributed by atoms with E-state index >= 15 is 0 Å². The van der Waals surface area contributed by atoms with Gasteiger partial charge in [0, 0.05) is 31.6 Å². The van der Waals surface area contributed by atoms with Gasteiger partial charge in [-0.1, -0.05) is 12.1 Å². The molecule has 168 valence electrons. The number of halogens is 1. The molecular formula is C23H26FN5O2S. The Morgan fingerprint density at radius 2 is 1.97 bits per heavy atom. The molecule has 0 spiro atoms. The van der Waals surface area contributed by atoms with Gasteiger partial charge < -0.3 is 10.1 Å². The van der Waals surface area contributed by atoms with Crippen LogP contribution in [-0.4, -0.2) is 42.6 Å². The second-order valence-corrected chi connectivity index (χ2v) is 8.38. The topological polar surface area (TPSA) is 71.4 Å². The lowest BCUT2D eigenvalue weighted by Gasteiger charge is -2.27. The number of rotatable bonds is 8. The van der Waals surface area contributed by atoms with E-state index in [1.54, 1.807) is 47.0 Å². The third-order valence-electron chi connectivity index (χ3n) is 5.21. The highest BCUT2D eigenvalue weighted by atomic mass is 32.2. The first kappa shape index (κ1) is 22.3. The van der Waals surface area contributed by atoms with E-state index in [1.165, 1.54) is 12.1 Å². The van der Waals surface area contributed by atoms with Crippen LogP contribution in [0, 0.1) is 5.82 Å². The van der Waals surface area contributed by atoms with Gasteiger partial charge in [0.05, 0.1) is 29.9 Å². The summed E-state index contributed by atoms with van der Waals surface area (Å²) in [5.41, 5.74) is 3.57. The molecule has 2 amide bonds. The molecule has 2 aromatic carbocycles. The molecule has 1 aliphatic heterocycles. The molecule has 0 fully saturated rings. The summed E-state index contributed by atoms with van der Waals surface area (Å²) < 4.78 is 23.3. The number of nitrogens with zero attached hydrogens (tertiary/aromatic N) is 3. The van der Waals surface area contributed by atoms with Crippen molar-refractivity contribution in [2.45, 2.75) is 24.3 Å². The Morgan fingerprint density at radius 1 is 1.19 bits per heavy atom. The molecule has 3 aromatic rings. The fourth-order valence-electron chi connectivity index (χ4n) is 3.59. The van der Waals surface area contributed by atoms with Crippen molar-refractivity contribution in [1.29, 1.82) is 0 Å². The normalized spacial score (nSPS) is 13.1. The van der Waals surface area contributed by atoms with E-state index in [9.17, 15) is 9.18 Å². The van der Waals surface area contributed by atoms with Crippen molar-refractivity contribution >= 4 is 23.7 Å². The molecule has 1 aromatic heterocycles. The number of fused-ring (bicyclic) bond motifs is 1. The molecule has 4 rings (SSSR count). The van der Waals surface area contributed by atoms with Gasteiger partial charge in [-0.3, -0.25) is 9.62 Å². The van der Waals surface area contributed by atoms with Crippen LogP contribution in [0.25, 0.3) is 5.69 Å². The predicted molar refractivity (Wildman–Crippen MR) is 124 cm³/mol. The number of urea groups is 1. The van der Waals surface area contributed by atoms with Crippen LogP contribution >= 0.6 is 11.9 Å². The summed E-state index contributed by atoms with van der Waals surface area (Å²) in [5.74, 6) is -0.287. The van der Waals surface area contributed by atoms with Gasteiger partial charge in [-0.05, 0) is 66.8 Å². The van der Waals surface area contributed by atoms with E-state index in [-0.39, 0.29) is 11.8 Å². The fourth-order valence-corrected chi connectivity index (χ4v) is 4.22. The van der Waals surface area contributed by atoms with E-state index in [0.717, 1.165) is 46.9 Å². The maximum Gasteiger partial charge on any atom is 0.322 e. The maximum atomic E-state index is 13.3. The Morgan fingerprint density at radius 3 is 2.72 bits per heavy atom. The smallest absolute Gasteiger partial charge is 0.322 e. The Hall–Kier alpha value is -2.88. The predicted octanol–water partition coefficient (Wildman–Crippen LogP) is 3.92. The van der Waals surface area contributed by atoms with E-state index < -0.39 is 0 Å². The van der Waals surface area contributed by atoms with Crippen LogP contribution in [0.1, 0.15) is 17.7 Å². The average molecular weight is 456 g/mol. The first-order valence-corrected chi connectivity index (χ1v) is 11.3. The summed E-state index contributed by atoms with van der Waals surface area (Å²) in [6.45, 7) is 2.52. The minimum Gasteiger partial charge on any atom is -0.383 e. The Labute approximate surface area is 191 Å². The highest BCUT2D eigenvalue weighted by Crippen LogP contribution is 2.29. The molecule has 0 saturated carbocycles. The second-order valence-electron chi connectivity index (χ2n) is 7.41. The number of benzene rings is 2. The zero-order valence-corrected chi connectivity index (χ0v) is 18.7. The minimum atomic E-state index is -0.287. The molecule has 0 atom stereocenters. The average Bonchev–Trinajstić information content (AvgIpc) is 3.26. The number of nitrogens with one attached hydrogen (secondary N) is 2. The summed E-state index contributed by atoms with van der Waals surface area (Å²) in [6.07, 6.45) is 3.36. The van der Waals surface area contributed by atoms with Gasteiger partial charge >= 0.3 is 6.03 Å². The summed E-state index contributed by atoms with van der Waals surface area (Å²) >= 11 is 1.55. The number of methoxy groups -OCH3 is 1. The van der Waals surface area contributed by atoms with Crippen LogP contribution in [0.5, 0.6) is 0 Å². The largest absolute Gasteiger partial charge is 0.383 e. The minimum absolute atomic E-state index is 0.149. The van der Waals surface area contributed by atoms with E-state index in [0.29, 0.717) is 19.7 Å². The molecule has 32 heavy (non-hydrogen) atoms. The first-order valence-electron chi connectivity index (χ1n) is 10.5.